The van der Waals surface area contributed by atoms with Gasteiger partial charge >= 0.3 is 0 Å². The molecule has 0 aliphatic carbocycles. The molecule has 0 atom stereocenters. The highest BCUT2D eigenvalue weighted by Crippen LogP contribution is 2.38. The molecule has 5 nitrogen and oxygen atoms in total. The van der Waals surface area contributed by atoms with Crippen LogP contribution in [-0.4, -0.2) is 24.3 Å². The van der Waals surface area contributed by atoms with Crippen LogP contribution in [0.5, 0.6) is 0 Å². The van der Waals surface area contributed by atoms with E-state index in [4.69, 9.17) is 21.0 Å². The number of anilines is 3. The molecule has 0 fully saturated rings. The van der Waals surface area contributed by atoms with Crippen LogP contribution in [0.2, 0.25) is 23.2 Å². The Bertz CT molecular complexity index is 898. The summed E-state index contributed by atoms with van der Waals surface area (Å²) in [7, 11) is -1.87. The maximum atomic E-state index is 6.50. The highest BCUT2D eigenvalue weighted by atomic mass is 79.9. The molecule has 0 bridgehead atoms. The minimum atomic E-state index is -1.87. The lowest BCUT2D eigenvalue weighted by molar-refractivity contribution is 0.276. The lowest BCUT2D eigenvalue weighted by Crippen LogP contribution is -2.40. The van der Waals surface area contributed by atoms with Gasteiger partial charge in [0.1, 0.15) is 5.82 Å². The molecule has 0 saturated carbocycles. The Kier molecular flexibility index (Phi) is 8.96. The van der Waals surface area contributed by atoms with Gasteiger partial charge in [0, 0.05) is 28.0 Å². The van der Waals surface area contributed by atoms with Crippen molar-refractivity contribution in [2.45, 2.75) is 85.2 Å². The zero-order valence-electron chi connectivity index (χ0n) is 20.0. The lowest BCUT2D eigenvalue weighted by atomic mass is 10.1. The SMILES string of the molecule is CCC(CC)Nc1nc(Nc2cc(Cl)c(Br)c(CO[Si](C)(C)C(C)(C)C)c2)ncc1C. The topological polar surface area (TPSA) is 59.1 Å². The molecule has 2 rings (SSSR count). The van der Waals surface area contributed by atoms with Crippen molar-refractivity contribution in [3.63, 3.8) is 0 Å². The maximum Gasteiger partial charge on any atom is 0.229 e. The van der Waals surface area contributed by atoms with E-state index in [9.17, 15) is 0 Å². The summed E-state index contributed by atoms with van der Waals surface area (Å²) in [5.74, 6) is 1.39. The minimum absolute atomic E-state index is 0.146. The van der Waals surface area contributed by atoms with Gasteiger partial charge in [0.25, 0.3) is 0 Å². The monoisotopic (exact) mass is 526 g/mol. The molecule has 31 heavy (non-hydrogen) atoms. The van der Waals surface area contributed by atoms with Crippen LogP contribution in [0.1, 0.15) is 58.6 Å². The van der Waals surface area contributed by atoms with Gasteiger partial charge < -0.3 is 15.1 Å². The Morgan fingerprint density at radius 2 is 1.84 bits per heavy atom. The Balaban J connectivity index is 2.25. The van der Waals surface area contributed by atoms with Crippen molar-refractivity contribution in [2.75, 3.05) is 10.6 Å². The van der Waals surface area contributed by atoms with Crippen LogP contribution >= 0.6 is 27.5 Å². The molecule has 2 N–H and O–H groups in total. The van der Waals surface area contributed by atoms with Gasteiger partial charge in [-0.05, 0) is 71.5 Å². The fourth-order valence-electron chi connectivity index (χ4n) is 2.76. The van der Waals surface area contributed by atoms with Gasteiger partial charge in [0.2, 0.25) is 5.95 Å². The average Bonchev–Trinajstić information content (AvgIpc) is 2.69. The first-order valence-corrected chi connectivity index (χ1v) is 14.9. The van der Waals surface area contributed by atoms with E-state index < -0.39 is 8.32 Å². The number of nitrogens with zero attached hydrogens (tertiary/aromatic N) is 2. The van der Waals surface area contributed by atoms with Gasteiger partial charge in [-0.2, -0.15) is 4.98 Å². The van der Waals surface area contributed by atoms with Gasteiger partial charge in [-0.25, -0.2) is 4.98 Å². The molecular formula is C23H36BrClN4OSi. The number of aryl methyl sites for hydroxylation is 1. The molecule has 1 heterocycles. The van der Waals surface area contributed by atoms with Crippen LogP contribution in [0.15, 0.2) is 22.8 Å². The number of halogens is 2. The zero-order chi connectivity index (χ0) is 23.4. The van der Waals surface area contributed by atoms with E-state index in [-0.39, 0.29) is 5.04 Å². The second kappa shape index (κ2) is 10.6. The molecule has 0 saturated heterocycles. The van der Waals surface area contributed by atoms with E-state index in [1.54, 1.807) is 0 Å². The smallest absolute Gasteiger partial charge is 0.229 e. The molecule has 0 aliphatic heterocycles. The second-order valence-electron chi connectivity index (χ2n) is 9.49. The quantitative estimate of drug-likeness (QED) is 0.323. The molecule has 1 aromatic heterocycles. The number of hydrogen-bond acceptors (Lipinski definition) is 5. The summed E-state index contributed by atoms with van der Waals surface area (Å²) in [4.78, 5) is 9.14. The number of nitrogens with one attached hydrogen (secondary N) is 2. The van der Waals surface area contributed by atoms with E-state index >= 15 is 0 Å². The fraction of sp³-hybridized carbons (Fsp3) is 0.565. The van der Waals surface area contributed by atoms with E-state index in [0.717, 1.165) is 39.9 Å². The van der Waals surface area contributed by atoms with Crippen molar-refractivity contribution in [2.24, 2.45) is 0 Å². The van der Waals surface area contributed by atoms with E-state index in [1.165, 1.54) is 0 Å². The molecule has 2 aromatic rings. The highest BCUT2D eigenvalue weighted by molar-refractivity contribution is 9.10. The number of aromatic nitrogens is 2. The predicted molar refractivity (Wildman–Crippen MR) is 139 cm³/mol. The van der Waals surface area contributed by atoms with Crippen LogP contribution in [0.25, 0.3) is 0 Å². The van der Waals surface area contributed by atoms with Crippen molar-refractivity contribution < 1.29 is 4.43 Å². The first kappa shape index (κ1) is 26.1. The molecule has 0 aliphatic rings. The van der Waals surface area contributed by atoms with Crippen molar-refractivity contribution in [3.8, 4) is 0 Å². The molecule has 0 unspecified atom stereocenters. The summed E-state index contributed by atoms with van der Waals surface area (Å²) < 4.78 is 7.27. The summed E-state index contributed by atoms with van der Waals surface area (Å²) in [6.45, 7) is 18.1. The van der Waals surface area contributed by atoms with E-state index in [2.05, 4.69) is 79.3 Å². The maximum absolute atomic E-state index is 6.50. The average molecular weight is 528 g/mol. The number of benzene rings is 1. The minimum Gasteiger partial charge on any atom is -0.413 e. The highest BCUT2D eigenvalue weighted by Gasteiger charge is 2.37. The molecule has 1 aromatic carbocycles. The molecule has 0 radical (unpaired) electrons. The standard InChI is InChI=1S/C23H36BrClN4OSi/c1-9-17(10-2)27-21-15(3)13-26-22(29-21)28-18-11-16(20(24)19(25)12-18)14-30-31(7,8)23(4,5)6/h11-13,17H,9-10,14H2,1-8H3,(H2,26,27,28,29). The first-order chi connectivity index (χ1) is 14.4. The van der Waals surface area contributed by atoms with Crippen molar-refractivity contribution >= 4 is 53.3 Å². The van der Waals surface area contributed by atoms with Crippen molar-refractivity contribution in [1.82, 2.24) is 9.97 Å². The zero-order valence-corrected chi connectivity index (χ0v) is 23.3. The Hall–Kier alpha value is -1.15. The van der Waals surface area contributed by atoms with Gasteiger partial charge in [0.15, 0.2) is 8.32 Å². The third-order valence-corrected chi connectivity index (χ3v) is 12.0. The van der Waals surface area contributed by atoms with Gasteiger partial charge in [-0.15, -0.1) is 0 Å². The number of hydrogen-bond donors (Lipinski definition) is 2. The van der Waals surface area contributed by atoms with Gasteiger partial charge in [0.05, 0.1) is 11.6 Å². The Morgan fingerprint density at radius 3 is 2.42 bits per heavy atom. The molecular weight excluding hydrogens is 492 g/mol. The molecule has 0 spiro atoms. The van der Waals surface area contributed by atoms with Crippen LogP contribution in [0.4, 0.5) is 17.5 Å². The molecule has 0 amide bonds. The first-order valence-electron chi connectivity index (χ1n) is 10.9. The Morgan fingerprint density at radius 1 is 1.19 bits per heavy atom. The van der Waals surface area contributed by atoms with Crippen LogP contribution in [0, 0.1) is 6.92 Å². The van der Waals surface area contributed by atoms with Crippen LogP contribution in [-0.2, 0) is 11.0 Å². The van der Waals surface area contributed by atoms with Crippen LogP contribution < -0.4 is 10.6 Å². The van der Waals surface area contributed by atoms with Crippen molar-refractivity contribution in [1.29, 1.82) is 0 Å². The molecule has 8 heteroatoms. The van der Waals surface area contributed by atoms with E-state index in [1.807, 2.05) is 25.3 Å². The summed E-state index contributed by atoms with van der Waals surface area (Å²) in [5, 5.41) is 7.59. The third kappa shape index (κ3) is 6.91. The largest absolute Gasteiger partial charge is 0.413 e. The number of rotatable bonds is 9. The lowest BCUT2D eigenvalue weighted by Gasteiger charge is -2.36. The van der Waals surface area contributed by atoms with Gasteiger partial charge in [-0.1, -0.05) is 46.2 Å². The summed E-state index contributed by atoms with van der Waals surface area (Å²) in [5.41, 5.74) is 2.86. The van der Waals surface area contributed by atoms with Crippen molar-refractivity contribution in [3.05, 3.63) is 39.0 Å². The Labute approximate surface area is 202 Å². The van der Waals surface area contributed by atoms with Gasteiger partial charge in [-0.3, -0.25) is 0 Å². The summed E-state index contributed by atoms with van der Waals surface area (Å²) >= 11 is 10.1. The summed E-state index contributed by atoms with van der Waals surface area (Å²) in [6.07, 6.45) is 3.92. The summed E-state index contributed by atoms with van der Waals surface area (Å²) in [6, 6.07) is 4.31. The second-order valence-corrected chi connectivity index (χ2v) is 15.5. The fourth-order valence-corrected chi connectivity index (χ4v) is 4.29. The normalized spacial score (nSPS) is 12.4. The van der Waals surface area contributed by atoms with Crippen LogP contribution in [0.3, 0.4) is 0 Å². The van der Waals surface area contributed by atoms with E-state index in [0.29, 0.717) is 23.6 Å². The third-order valence-electron chi connectivity index (χ3n) is 6.05. The molecule has 172 valence electrons. The predicted octanol–water partition coefficient (Wildman–Crippen LogP) is 8.07.